The highest BCUT2D eigenvalue weighted by molar-refractivity contribution is 4.76. The van der Waals surface area contributed by atoms with E-state index in [9.17, 15) is 0 Å². The molecule has 0 aromatic carbocycles. The lowest BCUT2D eigenvalue weighted by atomic mass is 10.1. The minimum atomic E-state index is 0.669. The molecule has 1 N–H and O–H groups in total. The summed E-state index contributed by atoms with van der Waals surface area (Å²) in [5.41, 5.74) is 0. The summed E-state index contributed by atoms with van der Waals surface area (Å²) in [4.78, 5) is 2.61. The van der Waals surface area contributed by atoms with Crippen molar-refractivity contribution in [2.75, 3.05) is 19.6 Å². The van der Waals surface area contributed by atoms with Crippen molar-refractivity contribution in [3.8, 4) is 0 Å². The molecule has 15 heavy (non-hydrogen) atoms. The van der Waals surface area contributed by atoms with Gasteiger partial charge in [0, 0.05) is 25.2 Å². The molecule has 0 aromatic heterocycles. The van der Waals surface area contributed by atoms with Gasteiger partial charge in [-0.05, 0) is 45.6 Å². The highest BCUT2D eigenvalue weighted by atomic mass is 15.2. The molecule has 0 bridgehead atoms. The standard InChI is InChI=1S/C13H28N2/c1-11(2)10-12(3)14-7-9-15-8-5-6-13(15)4/h11-14H,5-10H2,1-4H3. The fourth-order valence-electron chi connectivity index (χ4n) is 2.57. The van der Waals surface area contributed by atoms with Gasteiger partial charge in [-0.1, -0.05) is 13.8 Å². The number of nitrogens with one attached hydrogen (secondary N) is 1. The van der Waals surface area contributed by atoms with Crippen LogP contribution in [0.4, 0.5) is 0 Å². The predicted octanol–water partition coefficient (Wildman–Crippen LogP) is 2.49. The van der Waals surface area contributed by atoms with Crippen LogP contribution in [-0.2, 0) is 0 Å². The Bertz CT molecular complexity index is 168. The predicted molar refractivity (Wildman–Crippen MR) is 67.2 cm³/mol. The Balaban J connectivity index is 2.05. The zero-order valence-corrected chi connectivity index (χ0v) is 10.9. The van der Waals surface area contributed by atoms with Gasteiger partial charge in [-0.3, -0.25) is 4.90 Å². The summed E-state index contributed by atoms with van der Waals surface area (Å²) in [6, 6.07) is 1.48. The minimum absolute atomic E-state index is 0.669. The lowest BCUT2D eigenvalue weighted by molar-refractivity contribution is 0.262. The van der Waals surface area contributed by atoms with Crippen LogP contribution in [-0.4, -0.2) is 36.6 Å². The molecule has 0 amide bonds. The molecule has 2 nitrogen and oxygen atoms in total. The SMILES string of the molecule is CC(C)CC(C)NCCN1CCCC1C. The molecule has 1 rings (SSSR count). The van der Waals surface area contributed by atoms with Gasteiger partial charge in [-0.25, -0.2) is 0 Å². The Morgan fingerprint density at radius 3 is 2.60 bits per heavy atom. The maximum absolute atomic E-state index is 3.62. The number of likely N-dealkylation sites (tertiary alicyclic amines) is 1. The van der Waals surface area contributed by atoms with Crippen LogP contribution in [0.2, 0.25) is 0 Å². The van der Waals surface area contributed by atoms with Crippen molar-refractivity contribution in [2.24, 2.45) is 5.92 Å². The topological polar surface area (TPSA) is 15.3 Å². The molecule has 1 fully saturated rings. The van der Waals surface area contributed by atoms with Crippen molar-refractivity contribution in [1.29, 1.82) is 0 Å². The van der Waals surface area contributed by atoms with Gasteiger partial charge < -0.3 is 5.32 Å². The van der Waals surface area contributed by atoms with Crippen LogP contribution in [0.15, 0.2) is 0 Å². The minimum Gasteiger partial charge on any atom is -0.313 e. The average molecular weight is 212 g/mol. The quantitative estimate of drug-likeness (QED) is 0.728. The van der Waals surface area contributed by atoms with Crippen LogP contribution >= 0.6 is 0 Å². The summed E-state index contributed by atoms with van der Waals surface area (Å²) in [5.74, 6) is 0.804. The number of nitrogens with zero attached hydrogens (tertiary/aromatic N) is 1. The third-order valence-corrected chi connectivity index (χ3v) is 3.41. The van der Waals surface area contributed by atoms with Crippen molar-refractivity contribution in [3.63, 3.8) is 0 Å². The first kappa shape index (κ1) is 13.0. The zero-order chi connectivity index (χ0) is 11.3. The van der Waals surface area contributed by atoms with Crippen LogP contribution in [0.5, 0.6) is 0 Å². The smallest absolute Gasteiger partial charge is 0.0110 e. The maximum atomic E-state index is 3.62. The van der Waals surface area contributed by atoms with E-state index in [4.69, 9.17) is 0 Å². The molecule has 90 valence electrons. The normalized spacial score (nSPS) is 25.0. The van der Waals surface area contributed by atoms with Crippen molar-refractivity contribution < 1.29 is 0 Å². The van der Waals surface area contributed by atoms with Crippen LogP contribution in [0.3, 0.4) is 0 Å². The highest BCUT2D eigenvalue weighted by Crippen LogP contribution is 2.15. The monoisotopic (exact) mass is 212 g/mol. The zero-order valence-electron chi connectivity index (χ0n) is 10.9. The summed E-state index contributed by atoms with van der Waals surface area (Å²) in [6.45, 7) is 12.9. The summed E-state index contributed by atoms with van der Waals surface area (Å²) < 4.78 is 0. The Hall–Kier alpha value is -0.0800. The summed E-state index contributed by atoms with van der Waals surface area (Å²) in [7, 11) is 0. The molecule has 0 aromatic rings. The van der Waals surface area contributed by atoms with E-state index in [2.05, 4.69) is 37.9 Å². The van der Waals surface area contributed by atoms with Crippen LogP contribution in [0.1, 0.15) is 47.0 Å². The molecule has 1 heterocycles. The van der Waals surface area contributed by atoms with E-state index in [0.717, 1.165) is 18.5 Å². The van der Waals surface area contributed by atoms with E-state index in [1.807, 2.05) is 0 Å². The first-order chi connectivity index (χ1) is 7.09. The Morgan fingerprint density at radius 1 is 1.33 bits per heavy atom. The highest BCUT2D eigenvalue weighted by Gasteiger charge is 2.19. The van der Waals surface area contributed by atoms with Gasteiger partial charge >= 0.3 is 0 Å². The molecule has 1 aliphatic rings. The lowest BCUT2D eigenvalue weighted by Gasteiger charge is -2.23. The second-order valence-electron chi connectivity index (χ2n) is 5.51. The first-order valence-corrected chi connectivity index (χ1v) is 6.57. The van der Waals surface area contributed by atoms with Gasteiger partial charge in [-0.2, -0.15) is 0 Å². The van der Waals surface area contributed by atoms with E-state index in [-0.39, 0.29) is 0 Å². The Kier molecular flexibility index (Phi) is 5.62. The molecule has 1 saturated heterocycles. The second-order valence-corrected chi connectivity index (χ2v) is 5.51. The lowest BCUT2D eigenvalue weighted by Crippen LogP contribution is -2.37. The molecule has 0 radical (unpaired) electrons. The van der Waals surface area contributed by atoms with Gasteiger partial charge in [-0.15, -0.1) is 0 Å². The summed E-state index contributed by atoms with van der Waals surface area (Å²) in [5, 5.41) is 3.62. The fraction of sp³-hybridized carbons (Fsp3) is 1.00. The van der Waals surface area contributed by atoms with E-state index in [1.165, 1.54) is 32.4 Å². The maximum Gasteiger partial charge on any atom is 0.0110 e. The van der Waals surface area contributed by atoms with Crippen molar-refractivity contribution in [3.05, 3.63) is 0 Å². The Morgan fingerprint density at radius 2 is 2.07 bits per heavy atom. The third-order valence-electron chi connectivity index (χ3n) is 3.41. The van der Waals surface area contributed by atoms with Gasteiger partial charge in [0.25, 0.3) is 0 Å². The van der Waals surface area contributed by atoms with Gasteiger partial charge in [0.05, 0.1) is 0 Å². The Labute approximate surface area is 95.4 Å². The molecule has 0 aliphatic carbocycles. The molecule has 2 heteroatoms. The summed E-state index contributed by atoms with van der Waals surface area (Å²) in [6.07, 6.45) is 4.07. The molecule has 2 unspecified atom stereocenters. The number of hydrogen-bond acceptors (Lipinski definition) is 2. The van der Waals surface area contributed by atoms with Crippen LogP contribution in [0.25, 0.3) is 0 Å². The third kappa shape index (κ3) is 4.98. The molecular weight excluding hydrogens is 184 g/mol. The van der Waals surface area contributed by atoms with Crippen molar-refractivity contribution in [1.82, 2.24) is 10.2 Å². The number of rotatable bonds is 6. The molecular formula is C13H28N2. The van der Waals surface area contributed by atoms with Crippen LogP contribution < -0.4 is 5.32 Å². The van der Waals surface area contributed by atoms with Crippen LogP contribution in [0, 0.1) is 5.92 Å². The van der Waals surface area contributed by atoms with E-state index in [0.29, 0.717) is 6.04 Å². The first-order valence-electron chi connectivity index (χ1n) is 6.57. The molecule has 2 atom stereocenters. The van der Waals surface area contributed by atoms with Gasteiger partial charge in [0.1, 0.15) is 0 Å². The van der Waals surface area contributed by atoms with Gasteiger partial charge in [0.2, 0.25) is 0 Å². The summed E-state index contributed by atoms with van der Waals surface area (Å²) >= 11 is 0. The largest absolute Gasteiger partial charge is 0.313 e. The van der Waals surface area contributed by atoms with Gasteiger partial charge in [0.15, 0.2) is 0 Å². The molecule has 0 saturated carbocycles. The molecule has 0 spiro atoms. The average Bonchev–Trinajstić information content (AvgIpc) is 2.50. The molecule has 1 aliphatic heterocycles. The van der Waals surface area contributed by atoms with Crippen molar-refractivity contribution in [2.45, 2.75) is 59.0 Å². The van der Waals surface area contributed by atoms with E-state index in [1.54, 1.807) is 0 Å². The fourth-order valence-corrected chi connectivity index (χ4v) is 2.57. The number of hydrogen-bond donors (Lipinski definition) is 1. The van der Waals surface area contributed by atoms with Crippen molar-refractivity contribution >= 4 is 0 Å². The second kappa shape index (κ2) is 6.49. The van der Waals surface area contributed by atoms with E-state index < -0.39 is 0 Å². The van der Waals surface area contributed by atoms with E-state index >= 15 is 0 Å².